The fraction of sp³-hybridized carbons (Fsp3) is 0.444. The predicted molar refractivity (Wildman–Crippen MR) is 138 cm³/mol. The third-order valence-corrected chi connectivity index (χ3v) is 9.27. The second kappa shape index (κ2) is 9.76. The molecule has 0 aliphatic carbocycles. The van der Waals surface area contributed by atoms with Crippen molar-refractivity contribution in [2.75, 3.05) is 19.6 Å². The van der Waals surface area contributed by atoms with Gasteiger partial charge in [0.05, 0.1) is 4.90 Å². The molecule has 3 aromatic rings. The van der Waals surface area contributed by atoms with E-state index in [9.17, 15) is 13.2 Å². The summed E-state index contributed by atoms with van der Waals surface area (Å²) in [4.78, 5) is 13.4. The van der Waals surface area contributed by atoms with Gasteiger partial charge in [-0.2, -0.15) is 4.31 Å². The van der Waals surface area contributed by atoms with Crippen LogP contribution in [0.3, 0.4) is 0 Å². The molecular weight excluding hydrogens is 460 g/mol. The first-order valence-electron chi connectivity index (χ1n) is 12.5. The summed E-state index contributed by atoms with van der Waals surface area (Å²) in [5, 5.41) is 7.33. The van der Waals surface area contributed by atoms with E-state index in [1.165, 1.54) is 11.1 Å². The lowest BCUT2D eigenvalue weighted by molar-refractivity contribution is -0.123. The lowest BCUT2D eigenvalue weighted by atomic mass is 9.98. The van der Waals surface area contributed by atoms with Crippen molar-refractivity contribution in [3.63, 3.8) is 0 Å². The Morgan fingerprint density at radius 3 is 2.69 bits per heavy atom. The van der Waals surface area contributed by atoms with Crippen molar-refractivity contribution in [3.05, 3.63) is 64.8 Å². The summed E-state index contributed by atoms with van der Waals surface area (Å²) >= 11 is 0. The van der Waals surface area contributed by atoms with E-state index in [4.69, 9.17) is 0 Å². The number of carbonyl (C=O) groups is 1. The van der Waals surface area contributed by atoms with Crippen LogP contribution in [0.1, 0.15) is 54.5 Å². The number of carbonyl (C=O) groups excluding carboxylic acids is 1. The molecule has 1 fully saturated rings. The number of amides is 1. The minimum absolute atomic E-state index is 0.0636. The molecular formula is C27H34N4O3S. The van der Waals surface area contributed by atoms with Gasteiger partial charge in [0.2, 0.25) is 15.9 Å². The topological polar surface area (TPSA) is 83.4 Å². The highest BCUT2D eigenvalue weighted by Crippen LogP contribution is 2.29. The van der Waals surface area contributed by atoms with E-state index < -0.39 is 16.1 Å². The van der Waals surface area contributed by atoms with Crippen LogP contribution in [0.5, 0.6) is 0 Å². The molecule has 0 spiro atoms. The molecule has 1 atom stereocenters. The Morgan fingerprint density at radius 1 is 1.09 bits per heavy atom. The molecule has 35 heavy (non-hydrogen) atoms. The zero-order chi connectivity index (χ0) is 24.6. The first-order chi connectivity index (χ1) is 16.8. The Labute approximate surface area is 207 Å². The van der Waals surface area contributed by atoms with E-state index in [1.807, 2.05) is 30.7 Å². The van der Waals surface area contributed by atoms with Gasteiger partial charge < -0.3 is 15.2 Å². The molecule has 1 saturated heterocycles. The van der Waals surface area contributed by atoms with Crippen LogP contribution in [-0.4, -0.2) is 42.8 Å². The Bertz CT molecular complexity index is 1360. The highest BCUT2D eigenvalue weighted by Gasteiger charge is 2.27. The largest absolute Gasteiger partial charge is 0.350 e. The predicted octanol–water partition coefficient (Wildman–Crippen LogP) is 3.65. The highest BCUT2D eigenvalue weighted by atomic mass is 32.2. The summed E-state index contributed by atoms with van der Waals surface area (Å²) in [5.41, 5.74) is 5.61. The zero-order valence-electron chi connectivity index (χ0n) is 20.5. The third kappa shape index (κ3) is 4.75. The minimum Gasteiger partial charge on any atom is -0.350 e. The number of benzene rings is 2. The number of hydrogen-bond donors (Lipinski definition) is 2. The molecule has 1 amide bonds. The van der Waals surface area contributed by atoms with Crippen LogP contribution in [0.15, 0.2) is 47.5 Å². The Balaban J connectivity index is 1.33. The summed E-state index contributed by atoms with van der Waals surface area (Å²) < 4.78 is 29.8. The molecule has 8 heteroatoms. The molecule has 1 aromatic heterocycles. The van der Waals surface area contributed by atoms with Crippen molar-refractivity contribution in [1.82, 2.24) is 19.5 Å². The molecule has 5 rings (SSSR count). The summed E-state index contributed by atoms with van der Waals surface area (Å²) in [5.74, 6) is -0.0636. The van der Waals surface area contributed by atoms with Crippen LogP contribution in [0.4, 0.5) is 0 Å². The number of sulfonamides is 1. The lowest BCUT2D eigenvalue weighted by Crippen LogP contribution is -2.35. The molecule has 3 heterocycles. The van der Waals surface area contributed by atoms with Crippen LogP contribution >= 0.6 is 0 Å². The number of nitrogens with one attached hydrogen (secondary N) is 2. The monoisotopic (exact) mass is 494 g/mol. The number of aryl methyl sites for hydroxylation is 1. The van der Waals surface area contributed by atoms with Crippen molar-refractivity contribution in [3.8, 4) is 0 Å². The first kappa shape index (κ1) is 24.0. The maximum atomic E-state index is 13.2. The van der Waals surface area contributed by atoms with Gasteiger partial charge >= 0.3 is 0 Å². The molecule has 0 radical (unpaired) electrons. The van der Waals surface area contributed by atoms with Crippen molar-refractivity contribution in [1.29, 1.82) is 0 Å². The second-order valence-electron chi connectivity index (χ2n) is 9.79. The van der Waals surface area contributed by atoms with Crippen LogP contribution in [0, 0.1) is 6.92 Å². The van der Waals surface area contributed by atoms with Crippen molar-refractivity contribution >= 4 is 26.8 Å². The normalized spacial score (nSPS) is 17.8. The van der Waals surface area contributed by atoms with E-state index in [-0.39, 0.29) is 5.91 Å². The average Bonchev–Trinajstić information content (AvgIpc) is 3.23. The third-order valence-electron chi connectivity index (χ3n) is 7.38. The molecule has 0 bridgehead atoms. The van der Waals surface area contributed by atoms with Gasteiger partial charge in [-0.25, -0.2) is 8.42 Å². The molecule has 2 N–H and O–H groups in total. The Hall–Kier alpha value is -2.68. The SMILES string of the molecule is Cc1cn(C(C)C(=O)NCc2ccc3c(c2)CCNC3)c2ccc(S(=O)(=O)N3CCCCC3)cc12. The molecule has 1 unspecified atom stereocenters. The van der Waals surface area contributed by atoms with E-state index >= 15 is 0 Å². The molecule has 0 saturated carbocycles. The van der Waals surface area contributed by atoms with Gasteiger partial charge in [-0.15, -0.1) is 0 Å². The average molecular weight is 495 g/mol. The van der Waals surface area contributed by atoms with Crippen LogP contribution in [0.2, 0.25) is 0 Å². The van der Waals surface area contributed by atoms with E-state index in [0.717, 1.165) is 60.8 Å². The van der Waals surface area contributed by atoms with Gasteiger partial charge in [-0.3, -0.25) is 4.79 Å². The highest BCUT2D eigenvalue weighted by molar-refractivity contribution is 7.89. The van der Waals surface area contributed by atoms with Crippen LogP contribution in [-0.2, 0) is 34.3 Å². The molecule has 2 aromatic carbocycles. The second-order valence-corrected chi connectivity index (χ2v) is 11.7. The Kier molecular flexibility index (Phi) is 6.70. The van der Waals surface area contributed by atoms with Crippen molar-refractivity contribution < 1.29 is 13.2 Å². The van der Waals surface area contributed by atoms with Crippen molar-refractivity contribution in [2.45, 2.75) is 63.6 Å². The van der Waals surface area contributed by atoms with Gasteiger partial charge in [0.25, 0.3) is 0 Å². The van der Waals surface area contributed by atoms with Crippen molar-refractivity contribution in [2.24, 2.45) is 0 Å². The van der Waals surface area contributed by atoms with Gasteiger partial charge in [0.1, 0.15) is 6.04 Å². The first-order valence-corrected chi connectivity index (χ1v) is 14.0. The number of hydrogen-bond acceptors (Lipinski definition) is 4. The van der Waals surface area contributed by atoms with E-state index in [1.54, 1.807) is 16.4 Å². The quantitative estimate of drug-likeness (QED) is 0.548. The van der Waals surface area contributed by atoms with E-state index in [0.29, 0.717) is 24.5 Å². The summed E-state index contributed by atoms with van der Waals surface area (Å²) in [7, 11) is -3.50. The number of fused-ring (bicyclic) bond motifs is 2. The van der Waals surface area contributed by atoms with Crippen LogP contribution < -0.4 is 10.6 Å². The number of nitrogens with zero attached hydrogens (tertiary/aromatic N) is 2. The number of rotatable bonds is 6. The maximum absolute atomic E-state index is 13.2. The van der Waals surface area contributed by atoms with Gasteiger partial charge in [-0.1, -0.05) is 24.6 Å². The molecule has 2 aliphatic rings. The fourth-order valence-corrected chi connectivity index (χ4v) is 6.79. The maximum Gasteiger partial charge on any atom is 0.243 e. The molecule has 2 aliphatic heterocycles. The van der Waals surface area contributed by atoms with E-state index in [2.05, 4.69) is 28.8 Å². The van der Waals surface area contributed by atoms with Gasteiger partial charge in [0, 0.05) is 43.3 Å². The fourth-order valence-electron chi connectivity index (χ4n) is 5.24. The van der Waals surface area contributed by atoms with Crippen LogP contribution in [0.25, 0.3) is 10.9 Å². The number of aromatic nitrogens is 1. The minimum atomic E-state index is -3.50. The lowest BCUT2D eigenvalue weighted by Gasteiger charge is -2.26. The molecule has 186 valence electrons. The summed E-state index contributed by atoms with van der Waals surface area (Å²) in [6.07, 6.45) is 5.85. The molecule has 7 nitrogen and oxygen atoms in total. The Morgan fingerprint density at radius 2 is 1.89 bits per heavy atom. The van der Waals surface area contributed by atoms with Gasteiger partial charge in [0.15, 0.2) is 0 Å². The summed E-state index contributed by atoms with van der Waals surface area (Å²) in [6.45, 7) is 7.38. The zero-order valence-corrected chi connectivity index (χ0v) is 21.3. The smallest absolute Gasteiger partial charge is 0.243 e. The van der Waals surface area contributed by atoms with Gasteiger partial charge in [-0.05, 0) is 80.1 Å². The summed E-state index contributed by atoms with van der Waals surface area (Å²) in [6, 6.07) is 11.3. The standard InChI is InChI=1S/C27H34N4O3S/c1-19-18-31(20(2)27(32)29-16-21-6-7-23-17-28-11-10-22(23)14-21)26-9-8-24(15-25(19)26)35(33,34)30-12-4-3-5-13-30/h6-9,14-15,18,20,28H,3-5,10-13,16-17H2,1-2H3,(H,29,32). The number of piperidine rings is 1.